The molecule has 1 aliphatic heterocycles. The minimum absolute atomic E-state index is 0.0678. The minimum Gasteiger partial charge on any atom is -0.478 e. The number of hydrogen-bond acceptors (Lipinski definition) is 3. The van der Waals surface area contributed by atoms with Gasteiger partial charge in [-0.3, -0.25) is 0 Å². The maximum Gasteiger partial charge on any atom is 0.335 e. The summed E-state index contributed by atoms with van der Waals surface area (Å²) in [4.78, 5) is 10.9. The molecule has 1 atom stereocenters. The lowest BCUT2D eigenvalue weighted by molar-refractivity contribution is 0.0681. The van der Waals surface area contributed by atoms with Gasteiger partial charge in [0.25, 0.3) is 0 Å². The predicted molar refractivity (Wildman–Crippen MR) is 56.0 cm³/mol. The van der Waals surface area contributed by atoms with E-state index < -0.39 is 17.2 Å². The molecule has 1 N–H and O–H groups in total. The molecule has 5 heteroatoms. The largest absolute Gasteiger partial charge is 0.478 e. The van der Waals surface area contributed by atoms with Crippen molar-refractivity contribution in [3.63, 3.8) is 0 Å². The summed E-state index contributed by atoms with van der Waals surface area (Å²) in [7, 11) is 0. The van der Waals surface area contributed by atoms with E-state index in [2.05, 4.69) is 0 Å². The number of fused-ring (bicyclic) bond motifs is 1. The first-order chi connectivity index (χ1) is 7.98. The Morgan fingerprint density at radius 2 is 2.35 bits per heavy atom. The third-order valence-corrected chi connectivity index (χ3v) is 2.92. The fraction of sp³-hybridized carbons (Fsp3) is 0.333. The number of halogens is 1. The number of hydrogen-bond donors (Lipinski definition) is 1. The predicted octanol–water partition coefficient (Wildman–Crippen LogP) is 1.84. The molecule has 1 heterocycles. The van der Waals surface area contributed by atoms with Crippen molar-refractivity contribution >= 4 is 5.97 Å². The molecule has 1 aromatic rings. The topological polar surface area (TPSA) is 70.3 Å². The number of nitriles is 1. The maximum atomic E-state index is 13.7. The lowest BCUT2D eigenvalue weighted by Gasteiger charge is -2.30. The second-order valence-electron chi connectivity index (χ2n) is 4.23. The molecule has 0 aromatic heterocycles. The molecular formula is C12H10FNO3. The molecule has 0 radical (unpaired) electrons. The first-order valence-electron chi connectivity index (χ1n) is 5.03. The van der Waals surface area contributed by atoms with Crippen LogP contribution in [0, 0.1) is 17.1 Å². The van der Waals surface area contributed by atoms with E-state index in [-0.39, 0.29) is 24.3 Å². The van der Waals surface area contributed by atoms with E-state index in [1.807, 2.05) is 6.07 Å². The average Bonchev–Trinajstić information content (AvgIpc) is 2.30. The number of carboxylic acids is 1. The highest BCUT2D eigenvalue weighted by Crippen LogP contribution is 2.34. The van der Waals surface area contributed by atoms with Crippen molar-refractivity contribution in [2.75, 3.05) is 6.61 Å². The summed E-state index contributed by atoms with van der Waals surface area (Å²) in [5.41, 5.74) is -0.474. The fourth-order valence-electron chi connectivity index (χ4n) is 1.93. The Balaban J connectivity index is 2.68. The lowest BCUT2D eigenvalue weighted by Crippen LogP contribution is -2.33. The van der Waals surface area contributed by atoms with Crippen LogP contribution in [-0.4, -0.2) is 17.7 Å². The number of carboxylic acid groups (broad SMARTS) is 1. The summed E-state index contributed by atoms with van der Waals surface area (Å²) < 4.78 is 18.9. The van der Waals surface area contributed by atoms with Crippen molar-refractivity contribution in [1.82, 2.24) is 0 Å². The molecule has 1 unspecified atom stereocenters. The van der Waals surface area contributed by atoms with E-state index in [1.165, 1.54) is 6.07 Å². The molecule has 0 aliphatic carbocycles. The van der Waals surface area contributed by atoms with E-state index in [1.54, 1.807) is 6.92 Å². The van der Waals surface area contributed by atoms with E-state index in [0.29, 0.717) is 5.56 Å². The van der Waals surface area contributed by atoms with Crippen LogP contribution in [0.4, 0.5) is 4.39 Å². The number of benzene rings is 1. The Hall–Kier alpha value is -1.93. The summed E-state index contributed by atoms with van der Waals surface area (Å²) >= 11 is 0. The number of nitrogens with zero attached hydrogens (tertiary/aromatic N) is 1. The molecule has 88 valence electrons. The third-order valence-electron chi connectivity index (χ3n) is 2.92. The standard InChI is InChI=1S/C12H10FNO3/c1-12(5-14)6-17-4-8-9(12)2-7(11(15)16)3-10(8)13/h2-3H,4,6H2,1H3,(H,15,16). The van der Waals surface area contributed by atoms with Gasteiger partial charge >= 0.3 is 5.97 Å². The van der Waals surface area contributed by atoms with Crippen molar-refractivity contribution in [3.8, 4) is 6.07 Å². The van der Waals surface area contributed by atoms with Gasteiger partial charge in [-0.1, -0.05) is 0 Å². The monoisotopic (exact) mass is 235 g/mol. The Labute approximate surface area is 97.2 Å². The molecule has 0 spiro atoms. The summed E-state index contributed by atoms with van der Waals surface area (Å²) in [6.07, 6.45) is 0. The molecule has 1 aliphatic rings. The van der Waals surface area contributed by atoms with Crippen molar-refractivity contribution in [3.05, 3.63) is 34.6 Å². The lowest BCUT2D eigenvalue weighted by atomic mass is 9.79. The third kappa shape index (κ3) is 1.77. The Kier molecular flexibility index (Phi) is 2.60. The van der Waals surface area contributed by atoms with Crippen LogP contribution in [-0.2, 0) is 16.8 Å². The smallest absolute Gasteiger partial charge is 0.335 e. The molecule has 0 bridgehead atoms. The number of aromatic carboxylic acids is 1. The highest BCUT2D eigenvalue weighted by molar-refractivity contribution is 5.88. The Morgan fingerprint density at radius 3 is 2.94 bits per heavy atom. The van der Waals surface area contributed by atoms with Crippen LogP contribution in [0.3, 0.4) is 0 Å². The van der Waals surface area contributed by atoms with Crippen molar-refractivity contribution in [1.29, 1.82) is 5.26 Å². The van der Waals surface area contributed by atoms with Gasteiger partial charge in [0.1, 0.15) is 11.2 Å². The maximum absolute atomic E-state index is 13.7. The van der Waals surface area contributed by atoms with Gasteiger partial charge in [-0.2, -0.15) is 5.26 Å². The molecule has 0 saturated heterocycles. The van der Waals surface area contributed by atoms with Crippen LogP contribution in [0.15, 0.2) is 12.1 Å². The minimum atomic E-state index is -1.21. The molecule has 17 heavy (non-hydrogen) atoms. The molecule has 0 saturated carbocycles. The molecule has 2 rings (SSSR count). The van der Waals surface area contributed by atoms with Gasteiger partial charge in [0.15, 0.2) is 0 Å². The SMILES string of the molecule is CC1(C#N)COCc2c(F)cc(C(=O)O)cc21. The number of ether oxygens (including phenoxy) is 1. The van der Waals surface area contributed by atoms with E-state index in [9.17, 15) is 9.18 Å². The first-order valence-corrected chi connectivity index (χ1v) is 5.03. The van der Waals surface area contributed by atoms with E-state index in [0.717, 1.165) is 6.07 Å². The van der Waals surface area contributed by atoms with Gasteiger partial charge in [-0.25, -0.2) is 9.18 Å². The van der Waals surface area contributed by atoms with Gasteiger partial charge in [0, 0.05) is 5.56 Å². The van der Waals surface area contributed by atoms with Crippen molar-refractivity contribution in [2.45, 2.75) is 18.9 Å². The summed E-state index contributed by atoms with van der Waals surface area (Å²) in [5, 5.41) is 18.0. The quantitative estimate of drug-likeness (QED) is 0.806. The highest BCUT2D eigenvalue weighted by Gasteiger charge is 2.35. The average molecular weight is 235 g/mol. The first kappa shape index (κ1) is 11.6. The van der Waals surface area contributed by atoms with Crippen LogP contribution < -0.4 is 0 Å². The number of rotatable bonds is 1. The highest BCUT2D eigenvalue weighted by atomic mass is 19.1. The second kappa shape index (κ2) is 3.82. The van der Waals surface area contributed by atoms with Crippen LogP contribution >= 0.6 is 0 Å². The van der Waals surface area contributed by atoms with Crippen molar-refractivity contribution in [2.24, 2.45) is 0 Å². The Morgan fingerprint density at radius 1 is 1.65 bits per heavy atom. The second-order valence-corrected chi connectivity index (χ2v) is 4.23. The van der Waals surface area contributed by atoms with Gasteiger partial charge < -0.3 is 9.84 Å². The van der Waals surface area contributed by atoms with Crippen LogP contribution in [0.2, 0.25) is 0 Å². The van der Waals surface area contributed by atoms with E-state index >= 15 is 0 Å². The number of carbonyl (C=O) groups is 1. The normalized spacial score (nSPS) is 22.6. The molecule has 0 amide bonds. The van der Waals surface area contributed by atoms with E-state index in [4.69, 9.17) is 15.1 Å². The van der Waals surface area contributed by atoms with Gasteiger partial charge in [0.2, 0.25) is 0 Å². The van der Waals surface area contributed by atoms with Crippen LogP contribution in [0.25, 0.3) is 0 Å². The zero-order valence-electron chi connectivity index (χ0n) is 9.16. The zero-order chi connectivity index (χ0) is 12.6. The Bertz CT molecular complexity index is 535. The van der Waals surface area contributed by atoms with Gasteiger partial charge in [-0.05, 0) is 24.6 Å². The molecule has 1 aromatic carbocycles. The summed E-state index contributed by atoms with van der Waals surface area (Å²) in [6.45, 7) is 1.81. The zero-order valence-corrected chi connectivity index (χ0v) is 9.16. The van der Waals surface area contributed by atoms with Crippen molar-refractivity contribution < 1.29 is 19.0 Å². The fourth-order valence-corrected chi connectivity index (χ4v) is 1.93. The summed E-state index contributed by atoms with van der Waals surface area (Å²) in [5.74, 6) is -1.85. The van der Waals surface area contributed by atoms with Crippen LogP contribution in [0.1, 0.15) is 28.4 Å². The summed E-state index contributed by atoms with van der Waals surface area (Å²) in [6, 6.07) is 4.35. The molecular weight excluding hydrogens is 225 g/mol. The van der Waals surface area contributed by atoms with Crippen LogP contribution in [0.5, 0.6) is 0 Å². The molecule has 0 fully saturated rings. The van der Waals surface area contributed by atoms with Gasteiger partial charge in [0.05, 0.1) is 24.8 Å². The van der Waals surface area contributed by atoms with Gasteiger partial charge in [-0.15, -0.1) is 0 Å². The molecule has 4 nitrogen and oxygen atoms in total.